The number of nitrogens with one attached hydrogen (secondary N) is 2. The van der Waals surface area contributed by atoms with Crippen LogP contribution in [0.1, 0.15) is 30.3 Å². The van der Waals surface area contributed by atoms with E-state index in [0.717, 1.165) is 31.9 Å². The monoisotopic (exact) mass is 274 g/mol. The third kappa shape index (κ3) is 2.94. The molecule has 3 heterocycles. The van der Waals surface area contributed by atoms with Crippen LogP contribution in [-0.4, -0.2) is 27.7 Å². The molecule has 1 fully saturated rings. The molecule has 2 N–H and O–H groups in total. The van der Waals surface area contributed by atoms with Crippen LogP contribution in [0.25, 0.3) is 0 Å². The lowest BCUT2D eigenvalue weighted by Gasteiger charge is -2.31. The van der Waals surface area contributed by atoms with Crippen molar-refractivity contribution < 1.29 is 4.74 Å². The molecule has 5 nitrogen and oxygen atoms in total. The lowest BCUT2D eigenvalue weighted by Crippen LogP contribution is -2.32. The van der Waals surface area contributed by atoms with E-state index < -0.39 is 0 Å². The molecule has 0 aromatic carbocycles. The summed E-state index contributed by atoms with van der Waals surface area (Å²) in [6.45, 7) is 2.70. The zero-order chi connectivity index (χ0) is 13.8. The van der Waals surface area contributed by atoms with Gasteiger partial charge in [-0.15, -0.1) is 0 Å². The van der Waals surface area contributed by atoms with Crippen molar-refractivity contribution in [3.8, 4) is 0 Å². The van der Waals surface area contributed by atoms with E-state index in [2.05, 4.69) is 25.9 Å². The van der Waals surface area contributed by atoms with Crippen LogP contribution in [0.15, 0.2) is 30.9 Å². The first kappa shape index (κ1) is 13.4. The van der Waals surface area contributed by atoms with Crippen LogP contribution in [0.4, 0.5) is 0 Å². The third-order valence-corrected chi connectivity index (χ3v) is 3.96. The van der Waals surface area contributed by atoms with Gasteiger partial charge in [0.25, 0.3) is 0 Å². The van der Waals surface area contributed by atoms with Gasteiger partial charge in [0.15, 0.2) is 0 Å². The van der Waals surface area contributed by atoms with Crippen molar-refractivity contribution in [2.75, 3.05) is 13.2 Å². The van der Waals surface area contributed by atoms with Gasteiger partial charge in [0, 0.05) is 57.4 Å². The van der Waals surface area contributed by atoms with E-state index in [-0.39, 0.29) is 6.10 Å². The first-order valence-electron chi connectivity index (χ1n) is 7.26. The summed E-state index contributed by atoms with van der Waals surface area (Å²) < 4.78 is 8.04. The predicted octanol–water partition coefficient (Wildman–Crippen LogP) is 2.01. The Balaban J connectivity index is 1.59. The van der Waals surface area contributed by atoms with Gasteiger partial charge in [0.05, 0.1) is 0 Å². The van der Waals surface area contributed by atoms with Crippen molar-refractivity contribution in [1.82, 2.24) is 19.9 Å². The number of hydrogen-bond donors (Lipinski definition) is 2. The molecule has 1 aliphatic heterocycles. The molecule has 5 heteroatoms. The first-order valence-corrected chi connectivity index (χ1v) is 7.26. The Bertz CT molecular complexity index is 520. The number of aryl methyl sites for hydroxylation is 1. The second kappa shape index (κ2) is 6.24. The molecule has 1 saturated heterocycles. The fraction of sp³-hybridized carbons (Fsp3) is 0.533. The molecule has 0 aliphatic carbocycles. The second-order valence-electron chi connectivity index (χ2n) is 5.44. The molecule has 2 aromatic heterocycles. The minimum atomic E-state index is 0.113. The molecule has 1 aliphatic rings. The maximum atomic E-state index is 5.97. The van der Waals surface area contributed by atoms with E-state index in [1.165, 1.54) is 12.0 Å². The first-order chi connectivity index (χ1) is 9.84. The van der Waals surface area contributed by atoms with Gasteiger partial charge in [-0.3, -0.25) is 0 Å². The van der Waals surface area contributed by atoms with Crippen LogP contribution in [0, 0.1) is 5.92 Å². The molecule has 2 atom stereocenters. The van der Waals surface area contributed by atoms with E-state index in [0.29, 0.717) is 5.92 Å². The number of nitrogens with zero attached hydrogens (tertiary/aromatic N) is 2. The fourth-order valence-corrected chi connectivity index (χ4v) is 2.86. The molecule has 0 amide bonds. The maximum Gasteiger partial charge on any atom is 0.137 e. The zero-order valence-electron chi connectivity index (χ0n) is 11.9. The molecular formula is C15H22N4O. The Labute approximate surface area is 119 Å². The van der Waals surface area contributed by atoms with Gasteiger partial charge in [-0.05, 0) is 24.5 Å². The van der Waals surface area contributed by atoms with Crippen LogP contribution in [0.2, 0.25) is 0 Å². The van der Waals surface area contributed by atoms with Gasteiger partial charge in [0.1, 0.15) is 11.9 Å². The van der Waals surface area contributed by atoms with E-state index in [1.54, 1.807) is 0 Å². The molecule has 2 aromatic rings. The van der Waals surface area contributed by atoms with Gasteiger partial charge >= 0.3 is 0 Å². The molecule has 108 valence electrons. The van der Waals surface area contributed by atoms with E-state index in [4.69, 9.17) is 4.74 Å². The quantitative estimate of drug-likeness (QED) is 0.877. The van der Waals surface area contributed by atoms with Crippen molar-refractivity contribution >= 4 is 0 Å². The summed E-state index contributed by atoms with van der Waals surface area (Å²) >= 11 is 0. The third-order valence-electron chi connectivity index (χ3n) is 3.96. The summed E-state index contributed by atoms with van der Waals surface area (Å²) in [5.74, 6) is 1.53. The van der Waals surface area contributed by atoms with E-state index in [1.807, 2.05) is 31.8 Å². The van der Waals surface area contributed by atoms with Crippen molar-refractivity contribution in [2.24, 2.45) is 13.0 Å². The highest BCUT2D eigenvalue weighted by molar-refractivity contribution is 5.07. The molecule has 20 heavy (non-hydrogen) atoms. The molecule has 0 spiro atoms. The predicted molar refractivity (Wildman–Crippen MR) is 77.1 cm³/mol. The van der Waals surface area contributed by atoms with E-state index >= 15 is 0 Å². The smallest absolute Gasteiger partial charge is 0.137 e. The van der Waals surface area contributed by atoms with Crippen LogP contribution in [0.3, 0.4) is 0 Å². The minimum Gasteiger partial charge on any atom is -0.370 e. The minimum absolute atomic E-state index is 0.113. The van der Waals surface area contributed by atoms with Crippen molar-refractivity contribution in [3.05, 3.63) is 42.2 Å². The Kier molecular flexibility index (Phi) is 4.18. The lowest BCUT2D eigenvalue weighted by molar-refractivity contribution is -0.0344. The van der Waals surface area contributed by atoms with E-state index in [9.17, 15) is 0 Å². The number of hydrogen-bond acceptors (Lipinski definition) is 3. The number of rotatable bonds is 5. The highest BCUT2D eigenvalue weighted by atomic mass is 16.5. The summed E-state index contributed by atoms with van der Waals surface area (Å²) in [6.07, 6.45) is 10.3. The highest BCUT2D eigenvalue weighted by Gasteiger charge is 2.29. The standard InChI is InChI=1S/C15H22N4O/c1-19-7-6-18-15(19)14-13(3-2-8-20-14)11-17-10-12-4-5-16-9-12/h4-7,9,13-14,16-17H,2-3,8,10-11H2,1H3/t13-,14+/m0/s1. The topological polar surface area (TPSA) is 54.9 Å². The van der Waals surface area contributed by atoms with Gasteiger partial charge in [-0.1, -0.05) is 0 Å². The Morgan fingerprint density at radius 1 is 1.55 bits per heavy atom. The molecule has 0 radical (unpaired) electrons. The Hall–Kier alpha value is -1.59. The summed E-state index contributed by atoms with van der Waals surface area (Å²) in [6, 6.07) is 2.10. The summed E-state index contributed by atoms with van der Waals surface area (Å²) in [7, 11) is 2.03. The van der Waals surface area contributed by atoms with Crippen molar-refractivity contribution in [2.45, 2.75) is 25.5 Å². The molecule has 0 saturated carbocycles. The average Bonchev–Trinajstić information content (AvgIpc) is 3.11. The van der Waals surface area contributed by atoms with Gasteiger partial charge in [0.2, 0.25) is 0 Å². The van der Waals surface area contributed by atoms with Gasteiger partial charge in [-0.2, -0.15) is 0 Å². The molecule has 0 bridgehead atoms. The Morgan fingerprint density at radius 3 is 3.25 bits per heavy atom. The summed E-state index contributed by atoms with van der Waals surface area (Å²) in [5, 5.41) is 3.53. The fourth-order valence-electron chi connectivity index (χ4n) is 2.86. The average molecular weight is 274 g/mol. The molecule has 3 rings (SSSR count). The number of H-pyrrole nitrogens is 1. The summed E-state index contributed by atoms with van der Waals surface area (Å²) in [4.78, 5) is 7.53. The van der Waals surface area contributed by atoms with Crippen LogP contribution in [-0.2, 0) is 18.3 Å². The Morgan fingerprint density at radius 2 is 2.50 bits per heavy atom. The molecule has 0 unspecified atom stereocenters. The number of aromatic amines is 1. The van der Waals surface area contributed by atoms with Gasteiger partial charge in [-0.25, -0.2) is 4.98 Å². The SMILES string of the molecule is Cn1ccnc1[C@@H]1OCCC[C@H]1CNCc1cc[nH]c1. The van der Waals surface area contributed by atoms with Crippen LogP contribution < -0.4 is 5.32 Å². The normalized spacial score (nSPS) is 23.1. The maximum absolute atomic E-state index is 5.97. The number of ether oxygens (including phenoxy) is 1. The van der Waals surface area contributed by atoms with Crippen molar-refractivity contribution in [1.29, 1.82) is 0 Å². The lowest BCUT2D eigenvalue weighted by atomic mass is 9.93. The van der Waals surface area contributed by atoms with Gasteiger partial charge < -0.3 is 19.6 Å². The zero-order valence-corrected chi connectivity index (χ0v) is 11.9. The highest BCUT2D eigenvalue weighted by Crippen LogP contribution is 2.32. The number of aromatic nitrogens is 3. The van der Waals surface area contributed by atoms with Crippen LogP contribution >= 0.6 is 0 Å². The molecular weight excluding hydrogens is 252 g/mol. The summed E-state index contributed by atoms with van der Waals surface area (Å²) in [5.41, 5.74) is 1.29. The number of imidazole rings is 1. The van der Waals surface area contributed by atoms with Crippen LogP contribution in [0.5, 0.6) is 0 Å². The second-order valence-corrected chi connectivity index (χ2v) is 5.44. The largest absolute Gasteiger partial charge is 0.370 e. The van der Waals surface area contributed by atoms with Crippen molar-refractivity contribution in [3.63, 3.8) is 0 Å².